The second-order valence-electron chi connectivity index (χ2n) is 4.90. The van der Waals surface area contributed by atoms with Gasteiger partial charge in [0.2, 0.25) is 0 Å². The van der Waals surface area contributed by atoms with Gasteiger partial charge in [0.15, 0.2) is 0 Å². The molecule has 3 nitrogen and oxygen atoms in total. The third-order valence-corrected chi connectivity index (χ3v) is 4.19. The van der Waals surface area contributed by atoms with Crippen molar-refractivity contribution in [2.45, 2.75) is 19.3 Å². The molecule has 0 aliphatic rings. The molecule has 0 bridgehead atoms. The molecule has 0 fully saturated rings. The predicted molar refractivity (Wildman–Crippen MR) is 81.8 cm³/mol. The van der Waals surface area contributed by atoms with Crippen molar-refractivity contribution in [1.29, 1.82) is 0 Å². The number of nitrogens with zero attached hydrogens (tertiary/aromatic N) is 1. The van der Waals surface area contributed by atoms with E-state index in [1.807, 2.05) is 6.07 Å². The maximum Gasteiger partial charge on any atom is 0.416 e. The molecule has 2 aromatic heterocycles. The van der Waals surface area contributed by atoms with Gasteiger partial charge in [0.1, 0.15) is 10.8 Å². The Hall–Kier alpha value is -2.12. The molecule has 3 rings (SSSR count). The Morgan fingerprint density at radius 1 is 1.13 bits per heavy atom. The van der Waals surface area contributed by atoms with Gasteiger partial charge in [-0.2, -0.15) is 13.2 Å². The van der Waals surface area contributed by atoms with Crippen LogP contribution in [0.5, 0.6) is 0 Å². The van der Waals surface area contributed by atoms with Crippen LogP contribution in [0.2, 0.25) is 0 Å². The number of furan rings is 1. The third kappa shape index (κ3) is 4.00. The van der Waals surface area contributed by atoms with E-state index in [-0.39, 0.29) is 0 Å². The van der Waals surface area contributed by atoms with Gasteiger partial charge in [-0.05, 0) is 23.8 Å². The van der Waals surface area contributed by atoms with Crippen LogP contribution in [0.25, 0.3) is 10.6 Å². The smallest absolute Gasteiger partial charge is 0.416 e. The Morgan fingerprint density at radius 2 is 2.00 bits per heavy atom. The van der Waals surface area contributed by atoms with Gasteiger partial charge in [-0.3, -0.25) is 0 Å². The van der Waals surface area contributed by atoms with Gasteiger partial charge in [-0.25, -0.2) is 4.98 Å². The normalized spacial score (nSPS) is 11.8. The third-order valence-electron chi connectivity index (χ3n) is 3.18. The van der Waals surface area contributed by atoms with Crippen molar-refractivity contribution in [2.75, 3.05) is 0 Å². The van der Waals surface area contributed by atoms with Gasteiger partial charge >= 0.3 is 6.18 Å². The van der Waals surface area contributed by atoms with Gasteiger partial charge in [0.25, 0.3) is 0 Å². The highest BCUT2D eigenvalue weighted by Gasteiger charge is 2.30. The van der Waals surface area contributed by atoms with Crippen molar-refractivity contribution in [3.63, 3.8) is 0 Å². The number of hydrogen-bond donors (Lipinski definition) is 1. The predicted octanol–water partition coefficient (Wildman–Crippen LogP) is 4.71. The van der Waals surface area contributed by atoms with Crippen molar-refractivity contribution in [2.24, 2.45) is 0 Å². The minimum atomic E-state index is -4.32. The number of nitrogens with one attached hydrogen (secondary N) is 1. The summed E-state index contributed by atoms with van der Waals surface area (Å²) in [6.07, 6.45) is -0.991. The zero-order chi connectivity index (χ0) is 16.3. The van der Waals surface area contributed by atoms with Crippen LogP contribution in [0.4, 0.5) is 13.2 Å². The average molecular weight is 338 g/mol. The van der Waals surface area contributed by atoms with Crippen LogP contribution in [0.3, 0.4) is 0 Å². The van der Waals surface area contributed by atoms with Crippen molar-refractivity contribution in [3.8, 4) is 10.6 Å². The molecule has 3 aromatic rings. The van der Waals surface area contributed by atoms with Gasteiger partial charge in [-0.15, -0.1) is 11.3 Å². The Balaban J connectivity index is 1.58. The zero-order valence-corrected chi connectivity index (χ0v) is 12.7. The molecular weight excluding hydrogens is 325 g/mol. The summed E-state index contributed by atoms with van der Waals surface area (Å²) in [5.74, 6) is 0.756. The second-order valence-corrected chi connectivity index (χ2v) is 6.01. The first-order valence-electron chi connectivity index (χ1n) is 6.88. The summed E-state index contributed by atoms with van der Waals surface area (Å²) >= 11 is 1.49. The first-order chi connectivity index (χ1) is 11.0. The van der Waals surface area contributed by atoms with E-state index >= 15 is 0 Å². The number of rotatable bonds is 5. The van der Waals surface area contributed by atoms with Crippen molar-refractivity contribution < 1.29 is 17.6 Å². The first kappa shape index (κ1) is 15.8. The van der Waals surface area contributed by atoms with Crippen molar-refractivity contribution in [3.05, 3.63) is 65.0 Å². The topological polar surface area (TPSA) is 38.1 Å². The van der Waals surface area contributed by atoms with Gasteiger partial charge in [0.05, 0.1) is 16.7 Å². The van der Waals surface area contributed by atoms with Crippen LogP contribution in [-0.2, 0) is 19.3 Å². The summed E-state index contributed by atoms with van der Waals surface area (Å²) in [4.78, 5) is 5.20. The number of aromatic nitrogens is 1. The maximum absolute atomic E-state index is 12.7. The SMILES string of the molecule is FC(F)(F)c1cccc(CNCc2ncc(-c3ccco3)s2)c1. The number of benzene rings is 1. The van der Waals surface area contributed by atoms with E-state index in [1.165, 1.54) is 17.4 Å². The number of hydrogen-bond acceptors (Lipinski definition) is 4. The fourth-order valence-electron chi connectivity index (χ4n) is 2.10. The van der Waals surface area contributed by atoms with Gasteiger partial charge < -0.3 is 9.73 Å². The van der Waals surface area contributed by atoms with E-state index in [0.29, 0.717) is 18.7 Å². The van der Waals surface area contributed by atoms with Gasteiger partial charge in [0, 0.05) is 19.3 Å². The molecule has 1 aromatic carbocycles. The molecule has 120 valence electrons. The van der Waals surface area contributed by atoms with Crippen LogP contribution in [-0.4, -0.2) is 4.98 Å². The fourth-order valence-corrected chi connectivity index (χ4v) is 2.95. The number of thiazole rings is 1. The lowest BCUT2D eigenvalue weighted by Crippen LogP contribution is -2.13. The molecule has 2 heterocycles. The highest BCUT2D eigenvalue weighted by atomic mass is 32.1. The van der Waals surface area contributed by atoms with E-state index in [1.54, 1.807) is 24.6 Å². The van der Waals surface area contributed by atoms with Crippen molar-refractivity contribution in [1.82, 2.24) is 10.3 Å². The van der Waals surface area contributed by atoms with Crippen LogP contribution in [0.15, 0.2) is 53.3 Å². The fraction of sp³-hybridized carbons (Fsp3) is 0.188. The largest absolute Gasteiger partial charge is 0.463 e. The standard InChI is InChI=1S/C16H13F3N2OS/c17-16(18,19)12-4-1-3-11(7-12)8-20-10-15-21-9-14(23-15)13-5-2-6-22-13/h1-7,9,20H,8,10H2. The van der Waals surface area contributed by atoms with E-state index in [0.717, 1.165) is 27.8 Å². The lowest BCUT2D eigenvalue weighted by Gasteiger charge is -2.09. The van der Waals surface area contributed by atoms with E-state index in [2.05, 4.69) is 10.3 Å². The quantitative estimate of drug-likeness (QED) is 0.732. The van der Waals surface area contributed by atoms with Gasteiger partial charge in [-0.1, -0.05) is 18.2 Å². The minimum Gasteiger partial charge on any atom is -0.463 e. The Morgan fingerprint density at radius 3 is 2.74 bits per heavy atom. The maximum atomic E-state index is 12.7. The van der Waals surface area contributed by atoms with Crippen LogP contribution < -0.4 is 5.32 Å². The summed E-state index contributed by atoms with van der Waals surface area (Å²) in [6.45, 7) is 0.835. The molecule has 23 heavy (non-hydrogen) atoms. The lowest BCUT2D eigenvalue weighted by molar-refractivity contribution is -0.137. The molecule has 0 aliphatic carbocycles. The molecule has 0 aliphatic heterocycles. The highest BCUT2D eigenvalue weighted by molar-refractivity contribution is 7.15. The monoisotopic (exact) mass is 338 g/mol. The average Bonchev–Trinajstić information content (AvgIpc) is 3.18. The summed E-state index contributed by atoms with van der Waals surface area (Å²) in [7, 11) is 0. The summed E-state index contributed by atoms with van der Waals surface area (Å²) in [5, 5.41) is 3.96. The van der Waals surface area contributed by atoms with E-state index < -0.39 is 11.7 Å². The highest BCUT2D eigenvalue weighted by Crippen LogP contribution is 2.29. The summed E-state index contributed by atoms with van der Waals surface area (Å²) in [5.41, 5.74) is -0.0474. The molecule has 7 heteroatoms. The minimum absolute atomic E-state index is 0.347. The zero-order valence-electron chi connectivity index (χ0n) is 11.9. The van der Waals surface area contributed by atoms with Crippen molar-refractivity contribution >= 4 is 11.3 Å². The van der Waals surface area contributed by atoms with Crippen LogP contribution in [0.1, 0.15) is 16.1 Å². The molecule has 0 amide bonds. The Labute approximate surface area is 134 Å². The number of halogens is 3. The number of alkyl halides is 3. The second kappa shape index (κ2) is 6.55. The molecule has 0 radical (unpaired) electrons. The van der Waals surface area contributed by atoms with Crippen LogP contribution >= 0.6 is 11.3 Å². The summed E-state index contributed by atoms with van der Waals surface area (Å²) < 4.78 is 43.3. The molecule has 0 atom stereocenters. The molecule has 1 N–H and O–H groups in total. The molecule has 0 unspecified atom stereocenters. The molecule has 0 saturated carbocycles. The van der Waals surface area contributed by atoms with E-state index in [9.17, 15) is 13.2 Å². The molecular formula is C16H13F3N2OS. The van der Waals surface area contributed by atoms with Crippen LogP contribution in [0, 0.1) is 0 Å². The molecule has 0 saturated heterocycles. The summed E-state index contributed by atoms with van der Waals surface area (Å²) in [6, 6.07) is 8.97. The Kier molecular flexibility index (Phi) is 4.49. The Bertz CT molecular complexity index is 766. The lowest BCUT2D eigenvalue weighted by atomic mass is 10.1. The molecule has 0 spiro atoms. The van der Waals surface area contributed by atoms with E-state index in [4.69, 9.17) is 4.42 Å². The first-order valence-corrected chi connectivity index (χ1v) is 7.69.